The first-order chi connectivity index (χ1) is 12.4. The van der Waals surface area contributed by atoms with Crippen LogP contribution in [0.25, 0.3) is 0 Å². The zero-order valence-corrected chi connectivity index (χ0v) is 17.6. The molecule has 0 radical (unpaired) electrons. The van der Waals surface area contributed by atoms with E-state index >= 15 is 0 Å². The summed E-state index contributed by atoms with van der Waals surface area (Å²) in [4.78, 5) is 24.9. The Morgan fingerprint density at radius 3 is 2.15 bits per heavy atom. The lowest BCUT2D eigenvalue weighted by Crippen LogP contribution is -2.48. The molecule has 0 saturated carbocycles. The zero-order valence-electron chi connectivity index (χ0n) is 16.8. The third kappa shape index (κ3) is 8.53. The third-order valence-electron chi connectivity index (χ3n) is 4.09. The Hall–Kier alpha value is -1.93. The summed E-state index contributed by atoms with van der Waals surface area (Å²) in [5, 5.41) is 8.25. The first kappa shape index (κ1) is 23.1. The molecular formula is C19H31N3O4S. The fourth-order valence-electron chi connectivity index (χ4n) is 2.40. The van der Waals surface area contributed by atoms with Gasteiger partial charge in [-0.2, -0.15) is 0 Å². The molecule has 1 aromatic carbocycles. The molecule has 0 saturated heterocycles. The summed E-state index contributed by atoms with van der Waals surface area (Å²) in [6.07, 6.45) is 1.13. The topological polar surface area (TPSA) is 104 Å². The van der Waals surface area contributed by atoms with Gasteiger partial charge in [0.15, 0.2) is 0 Å². The Kier molecular flexibility index (Phi) is 8.43. The van der Waals surface area contributed by atoms with Gasteiger partial charge in [0.2, 0.25) is 5.91 Å². The Balaban J connectivity index is 2.85. The maximum atomic E-state index is 12.5. The average molecular weight is 398 g/mol. The van der Waals surface area contributed by atoms with Gasteiger partial charge in [-0.15, -0.1) is 0 Å². The smallest absolute Gasteiger partial charge is 0.251 e. The first-order valence-corrected chi connectivity index (χ1v) is 11.0. The van der Waals surface area contributed by atoms with Gasteiger partial charge in [-0.25, -0.2) is 8.42 Å². The van der Waals surface area contributed by atoms with Gasteiger partial charge in [0, 0.05) is 24.9 Å². The SMILES string of the molecule is CNCCNC(=O)C(CCS(C)(=O)=O)NC(=O)c1ccc(C(C)(C)C)cc1. The molecule has 2 amide bonds. The van der Waals surface area contributed by atoms with Gasteiger partial charge in [-0.05, 0) is 36.6 Å². The Labute approximate surface area is 162 Å². The normalized spacial score (nSPS) is 13.1. The van der Waals surface area contributed by atoms with Crippen LogP contribution in [0.15, 0.2) is 24.3 Å². The maximum Gasteiger partial charge on any atom is 0.251 e. The number of nitrogens with one attached hydrogen (secondary N) is 3. The third-order valence-corrected chi connectivity index (χ3v) is 5.06. The lowest BCUT2D eigenvalue weighted by Gasteiger charge is -2.20. The zero-order chi connectivity index (χ0) is 20.7. The highest BCUT2D eigenvalue weighted by atomic mass is 32.2. The molecule has 0 aliphatic heterocycles. The summed E-state index contributed by atoms with van der Waals surface area (Å²) >= 11 is 0. The molecule has 3 N–H and O–H groups in total. The average Bonchev–Trinajstić information content (AvgIpc) is 2.57. The van der Waals surface area contributed by atoms with Crippen LogP contribution < -0.4 is 16.0 Å². The summed E-state index contributed by atoms with van der Waals surface area (Å²) in [5.74, 6) is -0.980. The Morgan fingerprint density at radius 2 is 1.67 bits per heavy atom. The molecular weight excluding hydrogens is 366 g/mol. The van der Waals surface area contributed by atoms with Crippen molar-refractivity contribution in [2.45, 2.75) is 38.6 Å². The predicted molar refractivity (Wildman–Crippen MR) is 108 cm³/mol. The number of carbonyl (C=O) groups is 2. The molecule has 0 aromatic heterocycles. The molecule has 1 unspecified atom stereocenters. The van der Waals surface area contributed by atoms with Crippen LogP contribution in [-0.4, -0.2) is 58.4 Å². The van der Waals surface area contributed by atoms with E-state index in [0.717, 1.165) is 11.8 Å². The van der Waals surface area contributed by atoms with Gasteiger partial charge >= 0.3 is 0 Å². The van der Waals surface area contributed by atoms with Gasteiger partial charge < -0.3 is 16.0 Å². The van der Waals surface area contributed by atoms with Crippen LogP contribution in [0.1, 0.15) is 43.1 Å². The van der Waals surface area contributed by atoms with Crippen molar-refractivity contribution in [3.8, 4) is 0 Å². The van der Waals surface area contributed by atoms with E-state index in [-0.39, 0.29) is 17.6 Å². The number of benzene rings is 1. The molecule has 0 aliphatic carbocycles. The lowest BCUT2D eigenvalue weighted by molar-refractivity contribution is -0.122. The molecule has 0 heterocycles. The van der Waals surface area contributed by atoms with Crippen molar-refractivity contribution in [3.63, 3.8) is 0 Å². The van der Waals surface area contributed by atoms with Crippen LogP contribution >= 0.6 is 0 Å². The maximum absolute atomic E-state index is 12.5. The van der Waals surface area contributed by atoms with Crippen LogP contribution in [0.3, 0.4) is 0 Å². The minimum Gasteiger partial charge on any atom is -0.353 e. The van der Waals surface area contributed by atoms with E-state index in [4.69, 9.17) is 0 Å². The van der Waals surface area contributed by atoms with Crippen LogP contribution in [0.2, 0.25) is 0 Å². The van der Waals surface area contributed by atoms with Crippen molar-refractivity contribution in [1.82, 2.24) is 16.0 Å². The van der Waals surface area contributed by atoms with E-state index in [9.17, 15) is 18.0 Å². The van der Waals surface area contributed by atoms with Crippen LogP contribution in [-0.2, 0) is 20.0 Å². The van der Waals surface area contributed by atoms with Crippen LogP contribution in [0.4, 0.5) is 0 Å². The highest BCUT2D eigenvalue weighted by molar-refractivity contribution is 7.90. The molecule has 27 heavy (non-hydrogen) atoms. The van der Waals surface area contributed by atoms with Gasteiger partial charge in [-0.3, -0.25) is 9.59 Å². The summed E-state index contributed by atoms with van der Waals surface area (Å²) < 4.78 is 22.9. The summed E-state index contributed by atoms with van der Waals surface area (Å²) in [6.45, 7) is 7.21. The van der Waals surface area contributed by atoms with Gasteiger partial charge in [0.1, 0.15) is 15.9 Å². The van der Waals surface area contributed by atoms with E-state index in [0.29, 0.717) is 18.7 Å². The number of hydrogen-bond acceptors (Lipinski definition) is 5. The predicted octanol–water partition coefficient (Wildman–Crippen LogP) is 0.853. The fraction of sp³-hybridized carbons (Fsp3) is 0.579. The molecule has 7 nitrogen and oxygen atoms in total. The van der Waals surface area contributed by atoms with Gasteiger partial charge in [0.25, 0.3) is 5.91 Å². The van der Waals surface area contributed by atoms with E-state index in [1.54, 1.807) is 19.2 Å². The monoisotopic (exact) mass is 397 g/mol. The van der Waals surface area contributed by atoms with Crippen molar-refractivity contribution < 1.29 is 18.0 Å². The van der Waals surface area contributed by atoms with Crippen molar-refractivity contribution in [3.05, 3.63) is 35.4 Å². The quantitative estimate of drug-likeness (QED) is 0.536. The summed E-state index contributed by atoms with van der Waals surface area (Å²) in [7, 11) is -1.48. The summed E-state index contributed by atoms with van der Waals surface area (Å²) in [6, 6.07) is 6.28. The number of rotatable bonds is 9. The number of carbonyl (C=O) groups excluding carboxylic acids is 2. The van der Waals surface area contributed by atoms with E-state index in [2.05, 4.69) is 36.7 Å². The van der Waals surface area contributed by atoms with Crippen LogP contribution in [0, 0.1) is 0 Å². The molecule has 1 atom stereocenters. The van der Waals surface area contributed by atoms with Crippen molar-refractivity contribution in [2.75, 3.05) is 32.1 Å². The lowest BCUT2D eigenvalue weighted by atomic mass is 9.86. The molecule has 0 bridgehead atoms. The van der Waals surface area contributed by atoms with E-state index in [1.165, 1.54) is 0 Å². The van der Waals surface area contributed by atoms with E-state index in [1.807, 2.05) is 12.1 Å². The first-order valence-electron chi connectivity index (χ1n) is 8.95. The molecule has 1 aromatic rings. The minimum absolute atomic E-state index is 0.0238. The van der Waals surface area contributed by atoms with Crippen molar-refractivity contribution in [2.24, 2.45) is 0 Å². The molecule has 8 heteroatoms. The second-order valence-electron chi connectivity index (χ2n) is 7.67. The van der Waals surface area contributed by atoms with Crippen molar-refractivity contribution >= 4 is 21.7 Å². The molecule has 0 aliphatic rings. The standard InChI is InChI=1S/C19H31N3O4S/c1-19(2,3)15-8-6-14(7-9-15)17(23)22-16(10-13-27(5,25)26)18(24)21-12-11-20-4/h6-9,16,20H,10-13H2,1-5H3,(H,21,24)(H,22,23). The number of amides is 2. The highest BCUT2D eigenvalue weighted by Crippen LogP contribution is 2.22. The molecule has 152 valence electrons. The summed E-state index contributed by atoms with van der Waals surface area (Å²) in [5.41, 5.74) is 1.49. The van der Waals surface area contributed by atoms with E-state index < -0.39 is 27.7 Å². The largest absolute Gasteiger partial charge is 0.353 e. The molecule has 1 rings (SSSR count). The van der Waals surface area contributed by atoms with Crippen LogP contribution in [0.5, 0.6) is 0 Å². The second kappa shape index (κ2) is 9.85. The number of hydrogen-bond donors (Lipinski definition) is 3. The van der Waals surface area contributed by atoms with Gasteiger partial charge in [0.05, 0.1) is 5.75 Å². The van der Waals surface area contributed by atoms with Crippen molar-refractivity contribution in [1.29, 1.82) is 0 Å². The highest BCUT2D eigenvalue weighted by Gasteiger charge is 2.23. The Morgan fingerprint density at radius 1 is 1.07 bits per heavy atom. The number of likely N-dealkylation sites (N-methyl/N-ethyl adjacent to an activating group) is 1. The molecule has 0 fully saturated rings. The minimum atomic E-state index is -3.24. The number of sulfone groups is 1. The second-order valence-corrected chi connectivity index (χ2v) is 9.93. The van der Waals surface area contributed by atoms with Gasteiger partial charge in [-0.1, -0.05) is 32.9 Å². The fourth-order valence-corrected chi connectivity index (χ4v) is 3.06. The molecule has 0 spiro atoms. The Bertz CT molecular complexity index is 737.